The van der Waals surface area contributed by atoms with Crippen molar-refractivity contribution in [2.24, 2.45) is 0 Å². The number of hydrogen-bond acceptors (Lipinski definition) is 2. The number of para-hydroxylation sites is 1. The third kappa shape index (κ3) is 3.12. The van der Waals surface area contributed by atoms with Crippen molar-refractivity contribution in [3.8, 4) is 0 Å². The summed E-state index contributed by atoms with van der Waals surface area (Å²) in [6.07, 6.45) is 3.34. The van der Waals surface area contributed by atoms with E-state index in [0.717, 1.165) is 31.5 Å². The van der Waals surface area contributed by atoms with E-state index < -0.39 is 0 Å². The van der Waals surface area contributed by atoms with Gasteiger partial charge in [0.25, 0.3) is 0 Å². The molecule has 1 fully saturated rings. The minimum absolute atomic E-state index is 0.110. The zero-order valence-electron chi connectivity index (χ0n) is 10.1. The maximum Gasteiger partial charge on any atom is 0.333 e. The number of carbonyl (C=O) groups excluding carboxylic acids is 1. The van der Waals surface area contributed by atoms with Crippen LogP contribution < -0.4 is 15.8 Å². The number of carbonyl (C=O) groups is 1. The fourth-order valence-corrected chi connectivity index (χ4v) is 2.04. The van der Waals surface area contributed by atoms with Gasteiger partial charge in [-0.1, -0.05) is 38.0 Å². The molecule has 0 saturated carbocycles. The van der Waals surface area contributed by atoms with Crippen molar-refractivity contribution in [2.45, 2.75) is 32.2 Å². The number of unbranched alkanes of at least 4 members (excludes halogenated alkanes) is 1. The van der Waals surface area contributed by atoms with Gasteiger partial charge in [-0.2, -0.15) is 0 Å². The van der Waals surface area contributed by atoms with Crippen LogP contribution >= 0.6 is 0 Å². The quantitative estimate of drug-likeness (QED) is 0.838. The molecule has 1 atom stereocenters. The first-order chi connectivity index (χ1) is 8.29. The van der Waals surface area contributed by atoms with E-state index in [4.69, 9.17) is 0 Å². The average Bonchev–Trinajstić information content (AvgIpc) is 2.37. The fraction of sp³-hybridized carbons (Fsp3) is 0.462. The van der Waals surface area contributed by atoms with Crippen LogP contribution in [0.4, 0.5) is 10.5 Å². The van der Waals surface area contributed by atoms with Crippen molar-refractivity contribution in [2.75, 3.05) is 11.6 Å². The van der Waals surface area contributed by atoms with Crippen LogP contribution in [0.2, 0.25) is 0 Å². The van der Waals surface area contributed by atoms with Gasteiger partial charge in [0.2, 0.25) is 0 Å². The highest BCUT2D eigenvalue weighted by molar-refractivity contribution is 5.77. The SMILES string of the molecule is CCCCC1CN(c2ccccc2)NC(=O)N1. The molecule has 1 saturated heterocycles. The number of nitrogens with one attached hydrogen (secondary N) is 2. The lowest BCUT2D eigenvalue weighted by Gasteiger charge is -2.35. The van der Waals surface area contributed by atoms with Crippen LogP contribution in [0.1, 0.15) is 26.2 Å². The average molecular weight is 233 g/mol. The van der Waals surface area contributed by atoms with Crippen LogP contribution in [0.15, 0.2) is 30.3 Å². The lowest BCUT2D eigenvalue weighted by molar-refractivity contribution is 0.227. The molecule has 0 bridgehead atoms. The van der Waals surface area contributed by atoms with E-state index in [-0.39, 0.29) is 12.1 Å². The molecule has 0 radical (unpaired) electrons. The highest BCUT2D eigenvalue weighted by atomic mass is 16.2. The standard InChI is InChI=1S/C13H19N3O/c1-2-3-7-11-10-16(15-13(17)14-11)12-8-5-4-6-9-12/h4-6,8-9,11H,2-3,7,10H2,1H3,(H2,14,15,17). The van der Waals surface area contributed by atoms with Crippen LogP contribution in [-0.2, 0) is 0 Å². The number of hydrazine groups is 1. The number of rotatable bonds is 4. The molecule has 0 aliphatic carbocycles. The summed E-state index contributed by atoms with van der Waals surface area (Å²) in [5.41, 5.74) is 3.85. The Bertz CT molecular complexity index is 366. The second kappa shape index (κ2) is 5.57. The molecule has 2 amide bonds. The Morgan fingerprint density at radius 3 is 2.82 bits per heavy atom. The largest absolute Gasteiger partial charge is 0.333 e. The highest BCUT2D eigenvalue weighted by Gasteiger charge is 2.23. The van der Waals surface area contributed by atoms with Crippen LogP contribution in [0.5, 0.6) is 0 Å². The van der Waals surface area contributed by atoms with E-state index in [0.29, 0.717) is 0 Å². The van der Waals surface area contributed by atoms with Gasteiger partial charge in [-0.05, 0) is 18.6 Å². The lowest BCUT2D eigenvalue weighted by Crippen LogP contribution is -2.60. The Balaban J connectivity index is 2.01. The summed E-state index contributed by atoms with van der Waals surface area (Å²) in [7, 11) is 0. The topological polar surface area (TPSA) is 44.4 Å². The summed E-state index contributed by atoms with van der Waals surface area (Å²) in [6.45, 7) is 2.98. The number of anilines is 1. The van der Waals surface area contributed by atoms with Crippen LogP contribution in [0.3, 0.4) is 0 Å². The van der Waals surface area contributed by atoms with E-state index in [1.54, 1.807) is 0 Å². The van der Waals surface area contributed by atoms with E-state index in [1.165, 1.54) is 0 Å². The zero-order chi connectivity index (χ0) is 12.1. The Morgan fingerprint density at radius 1 is 1.35 bits per heavy atom. The minimum Gasteiger partial charge on any atom is -0.332 e. The predicted molar refractivity (Wildman–Crippen MR) is 68.8 cm³/mol. The Morgan fingerprint density at radius 2 is 2.12 bits per heavy atom. The molecule has 2 N–H and O–H groups in total. The van der Waals surface area contributed by atoms with Crippen LogP contribution in [0, 0.1) is 0 Å². The Hall–Kier alpha value is -1.71. The molecular weight excluding hydrogens is 214 g/mol. The van der Waals surface area contributed by atoms with Gasteiger partial charge < -0.3 is 5.32 Å². The van der Waals surface area contributed by atoms with Gasteiger partial charge in [-0.3, -0.25) is 5.01 Å². The molecule has 4 nitrogen and oxygen atoms in total. The van der Waals surface area contributed by atoms with E-state index in [1.807, 2.05) is 35.3 Å². The van der Waals surface area contributed by atoms with Crippen molar-refractivity contribution in [3.05, 3.63) is 30.3 Å². The second-order valence-corrected chi connectivity index (χ2v) is 4.37. The normalized spacial score (nSPS) is 19.7. The molecule has 1 aromatic rings. The second-order valence-electron chi connectivity index (χ2n) is 4.37. The minimum atomic E-state index is -0.110. The molecular formula is C13H19N3O. The first-order valence-corrected chi connectivity index (χ1v) is 6.19. The molecule has 4 heteroatoms. The molecule has 0 aromatic heterocycles. The molecule has 17 heavy (non-hydrogen) atoms. The van der Waals surface area contributed by atoms with Gasteiger partial charge in [-0.25, -0.2) is 10.2 Å². The van der Waals surface area contributed by atoms with Crippen LogP contribution in [0.25, 0.3) is 0 Å². The Kier molecular flexibility index (Phi) is 3.85. The van der Waals surface area contributed by atoms with Gasteiger partial charge in [0.15, 0.2) is 0 Å². The zero-order valence-corrected chi connectivity index (χ0v) is 10.1. The van der Waals surface area contributed by atoms with E-state index in [2.05, 4.69) is 17.7 Å². The summed E-state index contributed by atoms with van der Waals surface area (Å²) in [4.78, 5) is 11.6. The molecule has 92 valence electrons. The van der Waals surface area contributed by atoms with Crippen molar-refractivity contribution >= 4 is 11.7 Å². The molecule has 1 aromatic carbocycles. The number of nitrogens with zero attached hydrogens (tertiary/aromatic N) is 1. The smallest absolute Gasteiger partial charge is 0.332 e. The predicted octanol–water partition coefficient (Wildman–Crippen LogP) is 2.28. The van der Waals surface area contributed by atoms with Crippen molar-refractivity contribution in [1.29, 1.82) is 0 Å². The van der Waals surface area contributed by atoms with Crippen LogP contribution in [-0.4, -0.2) is 18.6 Å². The van der Waals surface area contributed by atoms with Crippen molar-refractivity contribution < 1.29 is 4.79 Å². The molecule has 1 aliphatic heterocycles. The van der Waals surface area contributed by atoms with Gasteiger partial charge in [-0.15, -0.1) is 0 Å². The monoisotopic (exact) mass is 233 g/mol. The maximum atomic E-state index is 11.6. The lowest BCUT2D eigenvalue weighted by atomic mass is 10.1. The third-order valence-corrected chi connectivity index (χ3v) is 2.95. The third-order valence-electron chi connectivity index (χ3n) is 2.95. The Labute approximate surface area is 102 Å². The maximum absolute atomic E-state index is 11.6. The summed E-state index contributed by atoms with van der Waals surface area (Å²) < 4.78 is 0. The van der Waals surface area contributed by atoms with Gasteiger partial charge in [0.1, 0.15) is 0 Å². The number of hydrogen-bond donors (Lipinski definition) is 2. The van der Waals surface area contributed by atoms with Gasteiger partial charge in [0.05, 0.1) is 18.3 Å². The molecule has 1 aliphatic rings. The number of amides is 2. The highest BCUT2D eigenvalue weighted by Crippen LogP contribution is 2.15. The van der Waals surface area contributed by atoms with E-state index in [9.17, 15) is 4.79 Å². The fourth-order valence-electron chi connectivity index (χ4n) is 2.04. The molecule has 1 unspecified atom stereocenters. The number of urea groups is 1. The molecule has 0 spiro atoms. The summed E-state index contributed by atoms with van der Waals surface area (Å²) >= 11 is 0. The first kappa shape index (κ1) is 11.8. The summed E-state index contributed by atoms with van der Waals surface area (Å²) in [5.74, 6) is 0. The van der Waals surface area contributed by atoms with Crippen molar-refractivity contribution in [1.82, 2.24) is 10.7 Å². The van der Waals surface area contributed by atoms with Gasteiger partial charge >= 0.3 is 6.03 Å². The number of benzene rings is 1. The van der Waals surface area contributed by atoms with Gasteiger partial charge in [0, 0.05) is 0 Å². The summed E-state index contributed by atoms with van der Waals surface area (Å²) in [5, 5.41) is 4.88. The van der Waals surface area contributed by atoms with E-state index >= 15 is 0 Å². The first-order valence-electron chi connectivity index (χ1n) is 6.19. The van der Waals surface area contributed by atoms with Crippen molar-refractivity contribution in [3.63, 3.8) is 0 Å². The summed E-state index contributed by atoms with van der Waals surface area (Å²) in [6, 6.07) is 10.1. The molecule has 1 heterocycles. The molecule has 2 rings (SSSR count).